The lowest BCUT2D eigenvalue weighted by molar-refractivity contribution is 0.0240. The molecule has 19 heavy (non-hydrogen) atoms. The van der Waals surface area contributed by atoms with Crippen LogP contribution in [0.4, 0.5) is 4.39 Å². The summed E-state index contributed by atoms with van der Waals surface area (Å²) in [7, 11) is 0. The van der Waals surface area contributed by atoms with E-state index < -0.39 is 0 Å². The Hall–Kier alpha value is -1.24. The number of halogens is 2. The van der Waals surface area contributed by atoms with Crippen LogP contribution < -0.4 is 5.32 Å². The van der Waals surface area contributed by atoms with Gasteiger partial charge in [-0.1, -0.05) is 15.9 Å². The summed E-state index contributed by atoms with van der Waals surface area (Å²) < 4.78 is 22.2. The first-order chi connectivity index (χ1) is 9.25. The van der Waals surface area contributed by atoms with Crippen LogP contribution in [0.3, 0.4) is 0 Å². The van der Waals surface area contributed by atoms with Crippen molar-refractivity contribution in [1.29, 1.82) is 0 Å². The van der Waals surface area contributed by atoms with Gasteiger partial charge in [0.25, 0.3) is 0 Å². The fraction of sp³-hybridized carbons (Fsp3) is 0.308. The summed E-state index contributed by atoms with van der Waals surface area (Å²) in [5.41, 5.74) is 1.32. The molecule has 6 heteroatoms. The molecule has 3 rings (SSSR count). The highest BCUT2D eigenvalue weighted by molar-refractivity contribution is 9.10. The van der Waals surface area contributed by atoms with Crippen molar-refractivity contribution >= 4 is 15.9 Å². The molecule has 0 amide bonds. The minimum absolute atomic E-state index is 0.102. The Bertz CT molecular complexity index is 581. The van der Waals surface area contributed by atoms with Gasteiger partial charge < -0.3 is 10.1 Å². The number of aromatic nitrogens is 2. The summed E-state index contributed by atoms with van der Waals surface area (Å²) in [5.74, 6) is -0.286. The summed E-state index contributed by atoms with van der Waals surface area (Å²) in [6.07, 6.45) is 3.23. The van der Waals surface area contributed by atoms with Gasteiger partial charge in [-0.3, -0.25) is 4.57 Å². The predicted octanol–water partition coefficient (Wildman–Crippen LogP) is 2.43. The Labute approximate surface area is 118 Å². The van der Waals surface area contributed by atoms with Crippen LogP contribution in [-0.2, 0) is 4.74 Å². The van der Waals surface area contributed by atoms with Crippen LogP contribution in [0.15, 0.2) is 35.2 Å². The molecular weight excluding hydrogens is 313 g/mol. The highest BCUT2D eigenvalue weighted by atomic mass is 79.9. The van der Waals surface area contributed by atoms with Gasteiger partial charge in [-0.2, -0.15) is 0 Å². The molecule has 1 aliphatic heterocycles. The van der Waals surface area contributed by atoms with Gasteiger partial charge in [-0.15, -0.1) is 0 Å². The molecule has 2 aromatic rings. The first kappa shape index (κ1) is 12.8. The van der Waals surface area contributed by atoms with Crippen molar-refractivity contribution in [1.82, 2.24) is 14.9 Å². The lowest BCUT2D eigenvalue weighted by Crippen LogP contribution is -2.34. The minimum atomic E-state index is -0.286. The average molecular weight is 326 g/mol. The molecule has 0 bridgehead atoms. The van der Waals surface area contributed by atoms with E-state index in [9.17, 15) is 4.39 Å². The topological polar surface area (TPSA) is 39.1 Å². The van der Waals surface area contributed by atoms with E-state index >= 15 is 0 Å². The quantitative estimate of drug-likeness (QED) is 0.921. The van der Waals surface area contributed by atoms with Gasteiger partial charge in [-0.25, -0.2) is 9.37 Å². The number of imidazole rings is 1. The van der Waals surface area contributed by atoms with E-state index in [1.165, 1.54) is 6.07 Å². The molecule has 0 saturated carbocycles. The molecule has 4 nitrogen and oxygen atoms in total. The number of rotatable bonds is 2. The molecule has 1 unspecified atom stereocenters. The Morgan fingerprint density at radius 3 is 3.16 bits per heavy atom. The standard InChI is InChI=1S/C13H13BrFN3O/c14-9-1-2-10(15)11(5-9)18-8-17-6-12(18)13-7-16-3-4-19-13/h1-2,5-6,8,13,16H,3-4,7H2. The molecule has 1 aliphatic rings. The van der Waals surface area contributed by atoms with E-state index in [4.69, 9.17) is 4.74 Å². The third-order valence-electron chi connectivity index (χ3n) is 3.09. The van der Waals surface area contributed by atoms with E-state index in [-0.39, 0.29) is 11.9 Å². The smallest absolute Gasteiger partial charge is 0.147 e. The number of hydrogen-bond acceptors (Lipinski definition) is 3. The third kappa shape index (κ3) is 2.56. The monoisotopic (exact) mass is 325 g/mol. The molecule has 1 aromatic carbocycles. The second-order valence-electron chi connectivity index (χ2n) is 4.35. The fourth-order valence-electron chi connectivity index (χ4n) is 2.17. The molecule has 1 aromatic heterocycles. The fourth-order valence-corrected chi connectivity index (χ4v) is 2.52. The average Bonchev–Trinajstić information content (AvgIpc) is 2.91. The second kappa shape index (κ2) is 5.40. The maximum absolute atomic E-state index is 14.0. The third-order valence-corrected chi connectivity index (χ3v) is 3.59. The second-order valence-corrected chi connectivity index (χ2v) is 5.26. The zero-order valence-electron chi connectivity index (χ0n) is 10.1. The Morgan fingerprint density at radius 1 is 1.47 bits per heavy atom. The largest absolute Gasteiger partial charge is 0.369 e. The van der Waals surface area contributed by atoms with Crippen LogP contribution in [0.1, 0.15) is 11.8 Å². The van der Waals surface area contributed by atoms with Crippen LogP contribution in [0.25, 0.3) is 5.69 Å². The molecule has 1 N–H and O–H groups in total. The summed E-state index contributed by atoms with van der Waals surface area (Å²) in [6.45, 7) is 2.20. The molecule has 1 saturated heterocycles. The first-order valence-corrected chi connectivity index (χ1v) is 6.85. The molecule has 2 heterocycles. The summed E-state index contributed by atoms with van der Waals surface area (Å²) in [6, 6.07) is 4.84. The van der Waals surface area contributed by atoms with Gasteiger partial charge in [0.05, 0.1) is 30.5 Å². The predicted molar refractivity (Wildman–Crippen MR) is 72.8 cm³/mol. The van der Waals surface area contributed by atoms with Gasteiger partial charge >= 0.3 is 0 Å². The summed E-state index contributed by atoms with van der Waals surface area (Å²) in [5, 5.41) is 3.26. The van der Waals surface area contributed by atoms with Crippen LogP contribution in [0.5, 0.6) is 0 Å². The molecule has 100 valence electrons. The van der Waals surface area contributed by atoms with Gasteiger partial charge in [0.15, 0.2) is 0 Å². The number of morpholine rings is 1. The Kier molecular flexibility index (Phi) is 3.63. The number of benzene rings is 1. The van der Waals surface area contributed by atoms with E-state index in [1.807, 2.05) is 0 Å². The molecule has 1 fully saturated rings. The normalized spacial score (nSPS) is 19.6. The zero-order valence-corrected chi connectivity index (χ0v) is 11.7. The van der Waals surface area contributed by atoms with Crippen molar-refractivity contribution in [2.45, 2.75) is 6.10 Å². The summed E-state index contributed by atoms with van der Waals surface area (Å²) in [4.78, 5) is 4.12. The molecule has 1 atom stereocenters. The van der Waals surface area contributed by atoms with Gasteiger partial charge in [0, 0.05) is 17.6 Å². The zero-order chi connectivity index (χ0) is 13.2. The van der Waals surface area contributed by atoms with Crippen molar-refractivity contribution in [2.24, 2.45) is 0 Å². The Balaban J connectivity index is 2.01. The highest BCUT2D eigenvalue weighted by Gasteiger charge is 2.21. The van der Waals surface area contributed by atoms with E-state index in [0.717, 1.165) is 16.7 Å². The van der Waals surface area contributed by atoms with Crippen LogP contribution in [0.2, 0.25) is 0 Å². The van der Waals surface area contributed by atoms with Crippen molar-refractivity contribution in [3.8, 4) is 5.69 Å². The van der Waals surface area contributed by atoms with Crippen molar-refractivity contribution in [2.75, 3.05) is 19.7 Å². The van der Waals surface area contributed by atoms with Crippen LogP contribution >= 0.6 is 15.9 Å². The lowest BCUT2D eigenvalue weighted by Gasteiger charge is -2.24. The molecule has 0 radical (unpaired) electrons. The van der Waals surface area contributed by atoms with Gasteiger partial charge in [0.2, 0.25) is 0 Å². The summed E-state index contributed by atoms with van der Waals surface area (Å²) >= 11 is 3.36. The first-order valence-electron chi connectivity index (χ1n) is 6.05. The number of hydrogen-bond donors (Lipinski definition) is 1. The number of nitrogens with one attached hydrogen (secondary N) is 1. The van der Waals surface area contributed by atoms with E-state index in [2.05, 4.69) is 26.2 Å². The van der Waals surface area contributed by atoms with Crippen molar-refractivity contribution in [3.63, 3.8) is 0 Å². The minimum Gasteiger partial charge on any atom is -0.369 e. The molecular formula is C13H13BrFN3O. The maximum Gasteiger partial charge on any atom is 0.147 e. The van der Waals surface area contributed by atoms with E-state index in [0.29, 0.717) is 18.8 Å². The van der Waals surface area contributed by atoms with Gasteiger partial charge in [-0.05, 0) is 18.2 Å². The van der Waals surface area contributed by atoms with Crippen molar-refractivity contribution in [3.05, 3.63) is 46.7 Å². The van der Waals surface area contributed by atoms with E-state index in [1.54, 1.807) is 29.2 Å². The van der Waals surface area contributed by atoms with Crippen LogP contribution in [0, 0.1) is 5.82 Å². The van der Waals surface area contributed by atoms with Gasteiger partial charge in [0.1, 0.15) is 11.9 Å². The number of ether oxygens (including phenoxy) is 1. The molecule has 0 aliphatic carbocycles. The SMILES string of the molecule is Fc1ccc(Br)cc1-n1cncc1C1CNCCO1. The Morgan fingerprint density at radius 2 is 2.37 bits per heavy atom. The number of nitrogens with zero attached hydrogens (tertiary/aromatic N) is 2. The maximum atomic E-state index is 14.0. The lowest BCUT2D eigenvalue weighted by atomic mass is 10.2. The van der Waals surface area contributed by atoms with Crippen LogP contribution in [-0.4, -0.2) is 29.2 Å². The highest BCUT2D eigenvalue weighted by Crippen LogP contribution is 2.25. The molecule has 0 spiro atoms. The van der Waals surface area contributed by atoms with Crippen molar-refractivity contribution < 1.29 is 9.13 Å².